The lowest BCUT2D eigenvalue weighted by Crippen LogP contribution is -2.48. The number of methoxy groups -OCH3 is 1. The molecule has 1 saturated carbocycles. The molecule has 2 heterocycles. The van der Waals surface area contributed by atoms with Crippen LogP contribution in [0.2, 0.25) is 0 Å². The minimum Gasteiger partial charge on any atom is -0.469 e. The van der Waals surface area contributed by atoms with Gasteiger partial charge in [0.2, 0.25) is 0 Å². The fourth-order valence-corrected chi connectivity index (χ4v) is 6.58. The first-order valence-electron chi connectivity index (χ1n) is 12.7. The van der Waals surface area contributed by atoms with Gasteiger partial charge < -0.3 is 14.7 Å². The molecular weight excluding hydrogens is 454 g/mol. The largest absolute Gasteiger partial charge is 0.469 e. The third kappa shape index (κ3) is 3.96. The summed E-state index contributed by atoms with van der Waals surface area (Å²) in [6.07, 6.45) is 6.59. The minimum atomic E-state index is -0.587. The van der Waals surface area contributed by atoms with Crippen LogP contribution in [0.5, 0.6) is 0 Å². The standard InChI is InChI=1S/C29H33N3O4/c1-18-10-9-13-23-25(18)21(17-30-23)19(2)26(29(16-24(33)36-3)14-7-4-8-15-29)32-27(34)20-11-5-6-12-22(20)31-28(32)35/h5-6,9-13,17,19,26,30H,4,7-8,14-16H2,1-3H3,(H,31,35). The van der Waals surface area contributed by atoms with Crippen LogP contribution in [0.25, 0.3) is 21.8 Å². The molecule has 188 valence electrons. The minimum absolute atomic E-state index is 0.165. The van der Waals surface area contributed by atoms with E-state index in [0.717, 1.165) is 54.1 Å². The second-order valence-electron chi connectivity index (χ2n) is 10.3. The van der Waals surface area contributed by atoms with E-state index in [2.05, 4.69) is 29.9 Å². The lowest BCUT2D eigenvalue weighted by atomic mass is 9.63. The van der Waals surface area contributed by atoms with E-state index in [1.165, 1.54) is 11.7 Å². The van der Waals surface area contributed by atoms with Gasteiger partial charge in [-0.1, -0.05) is 50.5 Å². The molecule has 0 radical (unpaired) electrons. The van der Waals surface area contributed by atoms with Gasteiger partial charge in [0.05, 0.1) is 30.5 Å². The third-order valence-corrected chi connectivity index (χ3v) is 8.22. The number of ether oxygens (including phenoxy) is 1. The van der Waals surface area contributed by atoms with Gasteiger partial charge in [0.25, 0.3) is 5.56 Å². The van der Waals surface area contributed by atoms with Crippen LogP contribution < -0.4 is 11.2 Å². The van der Waals surface area contributed by atoms with E-state index in [0.29, 0.717) is 10.9 Å². The molecule has 4 aromatic rings. The van der Waals surface area contributed by atoms with E-state index in [9.17, 15) is 14.4 Å². The summed E-state index contributed by atoms with van der Waals surface area (Å²) in [4.78, 5) is 46.7. The number of aromatic amines is 2. The second kappa shape index (κ2) is 9.45. The number of carbonyl (C=O) groups excluding carboxylic acids is 1. The van der Waals surface area contributed by atoms with Crippen molar-refractivity contribution in [3.63, 3.8) is 0 Å². The molecule has 1 aliphatic rings. The number of benzene rings is 2. The molecule has 2 N–H and O–H groups in total. The molecule has 7 nitrogen and oxygen atoms in total. The monoisotopic (exact) mass is 487 g/mol. The molecule has 2 aromatic carbocycles. The third-order valence-electron chi connectivity index (χ3n) is 8.22. The average Bonchev–Trinajstić information content (AvgIpc) is 3.32. The van der Waals surface area contributed by atoms with Gasteiger partial charge in [0, 0.05) is 28.4 Å². The normalized spacial score (nSPS) is 17.2. The number of aromatic nitrogens is 3. The number of hydrogen-bond acceptors (Lipinski definition) is 4. The Kier molecular flexibility index (Phi) is 6.33. The number of para-hydroxylation sites is 1. The van der Waals surface area contributed by atoms with Crippen molar-refractivity contribution in [3.05, 3.63) is 80.6 Å². The average molecular weight is 488 g/mol. The molecule has 0 aliphatic heterocycles. The van der Waals surface area contributed by atoms with Crippen molar-refractivity contribution in [2.45, 2.75) is 64.3 Å². The van der Waals surface area contributed by atoms with Crippen LogP contribution in [0, 0.1) is 12.3 Å². The molecule has 0 bridgehead atoms. The maximum absolute atomic E-state index is 14.0. The van der Waals surface area contributed by atoms with Crippen molar-refractivity contribution >= 4 is 27.8 Å². The summed E-state index contributed by atoms with van der Waals surface area (Å²) in [6, 6.07) is 12.7. The van der Waals surface area contributed by atoms with Gasteiger partial charge in [0.1, 0.15) is 0 Å². The molecule has 7 heteroatoms. The molecule has 1 fully saturated rings. The summed E-state index contributed by atoms with van der Waals surface area (Å²) in [5.41, 5.74) is 2.35. The number of carbonyl (C=O) groups is 1. The fourth-order valence-electron chi connectivity index (χ4n) is 6.58. The molecule has 2 aromatic heterocycles. The highest BCUT2D eigenvalue weighted by Gasteiger charge is 2.47. The van der Waals surface area contributed by atoms with Gasteiger partial charge in [-0.25, -0.2) is 4.79 Å². The van der Waals surface area contributed by atoms with E-state index in [4.69, 9.17) is 4.74 Å². The van der Waals surface area contributed by atoms with Crippen LogP contribution >= 0.6 is 0 Å². The highest BCUT2D eigenvalue weighted by molar-refractivity contribution is 5.87. The Morgan fingerprint density at radius 2 is 1.78 bits per heavy atom. The van der Waals surface area contributed by atoms with E-state index in [1.807, 2.05) is 18.3 Å². The van der Waals surface area contributed by atoms with E-state index in [-0.39, 0.29) is 23.9 Å². The lowest BCUT2D eigenvalue weighted by molar-refractivity contribution is -0.145. The SMILES string of the molecule is COC(=O)CC1(C(C(C)c2c[nH]c3cccc(C)c23)n2c(=O)[nH]c3ccccc3c2=O)CCCCC1. The van der Waals surface area contributed by atoms with Crippen molar-refractivity contribution in [2.75, 3.05) is 7.11 Å². The number of fused-ring (bicyclic) bond motifs is 2. The first-order valence-corrected chi connectivity index (χ1v) is 12.7. The van der Waals surface area contributed by atoms with Gasteiger partial charge in [-0.2, -0.15) is 0 Å². The maximum atomic E-state index is 14.0. The summed E-state index contributed by atoms with van der Waals surface area (Å²) < 4.78 is 6.54. The predicted molar refractivity (Wildman–Crippen MR) is 141 cm³/mol. The highest BCUT2D eigenvalue weighted by atomic mass is 16.5. The van der Waals surface area contributed by atoms with Gasteiger partial charge in [-0.15, -0.1) is 0 Å². The van der Waals surface area contributed by atoms with Crippen LogP contribution in [0.15, 0.2) is 58.3 Å². The molecule has 5 rings (SSSR count). The second-order valence-corrected chi connectivity index (χ2v) is 10.3. The zero-order valence-corrected chi connectivity index (χ0v) is 21.1. The summed E-state index contributed by atoms with van der Waals surface area (Å²) >= 11 is 0. The number of hydrogen-bond donors (Lipinski definition) is 2. The molecule has 0 spiro atoms. The number of nitrogens with zero attached hydrogens (tertiary/aromatic N) is 1. The van der Waals surface area contributed by atoms with Gasteiger partial charge >= 0.3 is 11.7 Å². The zero-order chi connectivity index (χ0) is 25.4. The summed E-state index contributed by atoms with van der Waals surface area (Å²) in [5.74, 6) is -0.531. The Morgan fingerprint density at radius 3 is 2.53 bits per heavy atom. The Bertz CT molecular complexity index is 1540. The topological polar surface area (TPSA) is 96.9 Å². The fraction of sp³-hybridized carbons (Fsp3) is 0.414. The maximum Gasteiger partial charge on any atom is 0.329 e. The zero-order valence-electron chi connectivity index (χ0n) is 21.1. The molecular formula is C29H33N3O4. The molecule has 1 aliphatic carbocycles. The van der Waals surface area contributed by atoms with Gasteiger partial charge in [0.15, 0.2) is 0 Å². The van der Waals surface area contributed by atoms with Crippen LogP contribution in [-0.2, 0) is 9.53 Å². The van der Waals surface area contributed by atoms with Crippen molar-refractivity contribution in [1.29, 1.82) is 0 Å². The highest BCUT2D eigenvalue weighted by Crippen LogP contribution is 2.53. The van der Waals surface area contributed by atoms with Crippen LogP contribution in [0.3, 0.4) is 0 Å². The van der Waals surface area contributed by atoms with Crippen molar-refractivity contribution < 1.29 is 9.53 Å². The summed E-state index contributed by atoms with van der Waals surface area (Å²) in [5, 5.41) is 1.57. The van der Waals surface area contributed by atoms with E-state index < -0.39 is 17.1 Å². The lowest BCUT2D eigenvalue weighted by Gasteiger charge is -2.46. The first kappa shape index (κ1) is 24.1. The molecule has 36 heavy (non-hydrogen) atoms. The number of esters is 1. The summed E-state index contributed by atoms with van der Waals surface area (Å²) in [6.45, 7) is 4.15. The van der Waals surface area contributed by atoms with Crippen molar-refractivity contribution in [2.24, 2.45) is 5.41 Å². The van der Waals surface area contributed by atoms with Crippen molar-refractivity contribution in [3.8, 4) is 0 Å². The van der Waals surface area contributed by atoms with Gasteiger partial charge in [-0.05, 0) is 49.1 Å². The summed E-state index contributed by atoms with van der Waals surface area (Å²) in [7, 11) is 1.40. The van der Waals surface area contributed by atoms with E-state index >= 15 is 0 Å². The Hall–Kier alpha value is -3.61. The molecule has 0 saturated heterocycles. The van der Waals surface area contributed by atoms with Gasteiger partial charge in [-0.3, -0.25) is 14.2 Å². The molecule has 2 unspecified atom stereocenters. The van der Waals surface area contributed by atoms with Crippen LogP contribution in [0.1, 0.15) is 68.5 Å². The van der Waals surface area contributed by atoms with Crippen molar-refractivity contribution in [1.82, 2.24) is 14.5 Å². The number of nitrogens with one attached hydrogen (secondary N) is 2. The first-order chi connectivity index (χ1) is 17.4. The molecule has 2 atom stereocenters. The Balaban J connectivity index is 1.80. The van der Waals surface area contributed by atoms with Crippen LogP contribution in [-0.4, -0.2) is 27.6 Å². The smallest absolute Gasteiger partial charge is 0.329 e. The number of aryl methyl sites for hydroxylation is 1. The Morgan fingerprint density at radius 1 is 1.06 bits per heavy atom. The molecule has 0 amide bonds. The van der Waals surface area contributed by atoms with E-state index in [1.54, 1.807) is 24.3 Å². The number of rotatable bonds is 6. The predicted octanol–water partition coefficient (Wildman–Crippen LogP) is 5.34. The Labute approximate surface area is 209 Å². The number of H-pyrrole nitrogens is 2. The quantitative estimate of drug-likeness (QED) is 0.359. The van der Waals surface area contributed by atoms with Crippen LogP contribution in [0.4, 0.5) is 0 Å².